The maximum absolute atomic E-state index is 13.1. The van der Waals surface area contributed by atoms with Crippen LogP contribution in [0, 0.1) is 6.92 Å². The SMILES string of the molecule is CNC(=O)c1c(-c2ccc(C)cc2)oc2cc(N(Cc3ccccn3)S(C)(=O)=O)c(-c3ccccc3)cc12. The molecule has 2 aromatic heterocycles. The van der Waals surface area contributed by atoms with Crippen molar-refractivity contribution in [3.63, 3.8) is 0 Å². The van der Waals surface area contributed by atoms with Gasteiger partial charge in [0.25, 0.3) is 5.91 Å². The van der Waals surface area contributed by atoms with Gasteiger partial charge in [0.2, 0.25) is 10.0 Å². The average Bonchev–Trinajstić information content (AvgIpc) is 3.30. The van der Waals surface area contributed by atoms with Crippen LogP contribution >= 0.6 is 0 Å². The Hall–Kier alpha value is -4.43. The van der Waals surface area contributed by atoms with E-state index in [0.29, 0.717) is 39.2 Å². The largest absolute Gasteiger partial charge is 0.455 e. The molecule has 0 saturated carbocycles. The van der Waals surface area contributed by atoms with Crippen molar-refractivity contribution >= 4 is 32.6 Å². The number of furan rings is 1. The van der Waals surface area contributed by atoms with Gasteiger partial charge >= 0.3 is 0 Å². The van der Waals surface area contributed by atoms with Gasteiger partial charge in [-0.2, -0.15) is 0 Å². The van der Waals surface area contributed by atoms with Gasteiger partial charge in [-0.05, 0) is 30.7 Å². The van der Waals surface area contributed by atoms with E-state index >= 15 is 0 Å². The number of anilines is 1. The summed E-state index contributed by atoms with van der Waals surface area (Å²) >= 11 is 0. The predicted molar refractivity (Wildman–Crippen MR) is 150 cm³/mol. The molecule has 0 spiro atoms. The molecule has 0 fully saturated rings. The van der Waals surface area contributed by atoms with Gasteiger partial charge in [-0.25, -0.2) is 8.42 Å². The highest BCUT2D eigenvalue weighted by Gasteiger charge is 2.27. The van der Waals surface area contributed by atoms with Crippen molar-refractivity contribution in [2.24, 2.45) is 0 Å². The Morgan fingerprint density at radius 2 is 1.66 bits per heavy atom. The fraction of sp³-hybridized carbons (Fsp3) is 0.133. The lowest BCUT2D eigenvalue weighted by molar-refractivity contribution is 0.0964. The third-order valence-electron chi connectivity index (χ3n) is 6.36. The third-order valence-corrected chi connectivity index (χ3v) is 7.49. The van der Waals surface area contributed by atoms with Crippen molar-refractivity contribution in [2.75, 3.05) is 17.6 Å². The van der Waals surface area contributed by atoms with Gasteiger partial charge in [0, 0.05) is 35.8 Å². The summed E-state index contributed by atoms with van der Waals surface area (Å²) in [4.78, 5) is 17.5. The van der Waals surface area contributed by atoms with Gasteiger partial charge < -0.3 is 9.73 Å². The molecule has 5 rings (SSSR count). The molecule has 0 aliphatic carbocycles. The van der Waals surface area contributed by atoms with Crippen molar-refractivity contribution in [3.05, 3.63) is 108 Å². The molecule has 1 N–H and O–H groups in total. The zero-order valence-corrected chi connectivity index (χ0v) is 22.1. The number of nitrogens with zero attached hydrogens (tertiary/aromatic N) is 2. The minimum atomic E-state index is -3.72. The van der Waals surface area contributed by atoms with Crippen molar-refractivity contribution in [1.82, 2.24) is 10.3 Å². The molecular weight excluding hydrogens is 498 g/mol. The molecule has 3 aromatic carbocycles. The van der Waals surface area contributed by atoms with E-state index in [1.54, 1.807) is 31.4 Å². The van der Waals surface area contributed by atoms with E-state index in [2.05, 4.69) is 10.3 Å². The fourth-order valence-electron chi connectivity index (χ4n) is 4.47. The van der Waals surface area contributed by atoms with Crippen LogP contribution in [0.5, 0.6) is 0 Å². The Morgan fingerprint density at radius 3 is 2.29 bits per heavy atom. The number of carbonyl (C=O) groups is 1. The highest BCUT2D eigenvalue weighted by molar-refractivity contribution is 7.92. The summed E-state index contributed by atoms with van der Waals surface area (Å²) in [6.45, 7) is 2.03. The number of fused-ring (bicyclic) bond motifs is 1. The number of amides is 1. The van der Waals surface area contributed by atoms with Gasteiger partial charge in [0.15, 0.2) is 0 Å². The van der Waals surface area contributed by atoms with E-state index in [1.165, 1.54) is 10.6 Å². The van der Waals surface area contributed by atoms with Crippen molar-refractivity contribution < 1.29 is 17.6 Å². The highest BCUT2D eigenvalue weighted by atomic mass is 32.2. The van der Waals surface area contributed by atoms with Crippen LogP contribution in [0.4, 0.5) is 5.69 Å². The lowest BCUT2D eigenvalue weighted by Gasteiger charge is -2.25. The predicted octanol–water partition coefficient (Wildman–Crippen LogP) is 5.80. The number of nitrogens with one attached hydrogen (secondary N) is 1. The summed E-state index contributed by atoms with van der Waals surface area (Å²) in [6.07, 6.45) is 2.80. The summed E-state index contributed by atoms with van der Waals surface area (Å²) < 4.78 is 33.9. The molecule has 0 unspecified atom stereocenters. The molecule has 1 amide bonds. The molecule has 192 valence electrons. The maximum Gasteiger partial charge on any atom is 0.255 e. The lowest BCUT2D eigenvalue weighted by atomic mass is 9.98. The molecule has 38 heavy (non-hydrogen) atoms. The minimum absolute atomic E-state index is 0.0405. The molecule has 0 radical (unpaired) electrons. The van der Waals surface area contributed by atoms with Gasteiger partial charge in [-0.3, -0.25) is 14.1 Å². The van der Waals surface area contributed by atoms with Crippen LogP contribution in [0.3, 0.4) is 0 Å². The fourth-order valence-corrected chi connectivity index (χ4v) is 5.34. The summed E-state index contributed by atoms with van der Waals surface area (Å²) in [5.41, 5.74) is 5.13. The number of sulfonamides is 1. The number of pyridine rings is 1. The molecule has 7 nitrogen and oxygen atoms in total. The molecule has 0 atom stereocenters. The first kappa shape index (κ1) is 25.2. The molecule has 2 heterocycles. The van der Waals surface area contributed by atoms with Gasteiger partial charge in [-0.15, -0.1) is 0 Å². The van der Waals surface area contributed by atoms with Crippen LogP contribution in [0.2, 0.25) is 0 Å². The Labute approximate surface area is 221 Å². The smallest absolute Gasteiger partial charge is 0.255 e. The normalized spacial score (nSPS) is 11.4. The van der Waals surface area contributed by atoms with Gasteiger partial charge in [-0.1, -0.05) is 66.2 Å². The van der Waals surface area contributed by atoms with Crippen LogP contribution in [0.25, 0.3) is 33.4 Å². The van der Waals surface area contributed by atoms with Crippen molar-refractivity contribution in [2.45, 2.75) is 13.5 Å². The van der Waals surface area contributed by atoms with Crippen molar-refractivity contribution in [1.29, 1.82) is 0 Å². The second-order valence-electron chi connectivity index (χ2n) is 9.07. The molecule has 5 aromatic rings. The van der Waals surface area contributed by atoms with Crippen LogP contribution in [-0.2, 0) is 16.6 Å². The first-order valence-corrected chi connectivity index (χ1v) is 13.9. The Kier molecular flexibility index (Phi) is 6.73. The number of hydrogen-bond acceptors (Lipinski definition) is 5. The van der Waals surface area contributed by atoms with Crippen LogP contribution < -0.4 is 9.62 Å². The molecule has 8 heteroatoms. The van der Waals surface area contributed by atoms with Crippen LogP contribution in [-0.4, -0.2) is 32.6 Å². The first-order chi connectivity index (χ1) is 18.3. The number of rotatable bonds is 7. The summed E-state index contributed by atoms with van der Waals surface area (Å²) in [6, 6.07) is 26.1. The van der Waals surface area contributed by atoms with E-state index in [4.69, 9.17) is 4.42 Å². The second kappa shape index (κ2) is 10.1. The topological polar surface area (TPSA) is 92.5 Å². The number of aryl methyl sites for hydroxylation is 1. The summed E-state index contributed by atoms with van der Waals surface area (Å²) in [7, 11) is -2.15. The number of benzene rings is 3. The van der Waals surface area contributed by atoms with E-state index in [9.17, 15) is 13.2 Å². The Bertz CT molecular complexity index is 1710. The molecule has 0 bridgehead atoms. The molecular formula is C30H27N3O4S. The van der Waals surface area contributed by atoms with E-state index < -0.39 is 10.0 Å². The van der Waals surface area contributed by atoms with E-state index in [0.717, 1.165) is 16.7 Å². The summed E-state index contributed by atoms with van der Waals surface area (Å²) in [5.74, 6) is 0.130. The zero-order chi connectivity index (χ0) is 26.9. The molecule has 0 saturated heterocycles. The maximum atomic E-state index is 13.1. The van der Waals surface area contributed by atoms with Gasteiger partial charge in [0.05, 0.1) is 29.7 Å². The highest BCUT2D eigenvalue weighted by Crippen LogP contribution is 2.42. The zero-order valence-electron chi connectivity index (χ0n) is 21.3. The second-order valence-corrected chi connectivity index (χ2v) is 11.0. The monoisotopic (exact) mass is 525 g/mol. The van der Waals surface area contributed by atoms with Crippen LogP contribution in [0.1, 0.15) is 21.6 Å². The molecule has 0 aliphatic rings. The van der Waals surface area contributed by atoms with Gasteiger partial charge in [0.1, 0.15) is 11.3 Å². The van der Waals surface area contributed by atoms with Crippen molar-refractivity contribution in [3.8, 4) is 22.5 Å². The van der Waals surface area contributed by atoms with Crippen LogP contribution in [0.15, 0.2) is 95.5 Å². The van der Waals surface area contributed by atoms with E-state index in [1.807, 2.05) is 73.7 Å². The quantitative estimate of drug-likeness (QED) is 0.290. The third kappa shape index (κ3) is 4.90. The van der Waals surface area contributed by atoms with E-state index in [-0.39, 0.29) is 12.5 Å². The number of hydrogen-bond donors (Lipinski definition) is 1. The first-order valence-electron chi connectivity index (χ1n) is 12.1. The lowest BCUT2D eigenvalue weighted by Crippen LogP contribution is -2.30. The number of carbonyl (C=O) groups excluding carboxylic acids is 1. The minimum Gasteiger partial charge on any atom is -0.455 e. The Morgan fingerprint density at radius 1 is 0.947 bits per heavy atom. The molecule has 0 aliphatic heterocycles. The standard InChI is InChI=1S/C30H27N3O4S/c1-20-12-14-22(15-13-20)29-28(30(34)31-2)25-17-24(21-9-5-4-6-10-21)26(18-27(25)37-29)33(38(3,35)36)19-23-11-7-8-16-32-23/h4-18H,19H2,1-3H3,(H,31,34). The summed E-state index contributed by atoms with van der Waals surface area (Å²) in [5, 5.41) is 3.31. The average molecular weight is 526 g/mol. The number of aromatic nitrogens is 1. The Balaban J connectivity index is 1.81.